The summed E-state index contributed by atoms with van der Waals surface area (Å²) >= 11 is 0. The normalized spacial score (nSPS) is 21.2. The molecule has 1 aliphatic rings. The Labute approximate surface area is 150 Å². The molecule has 0 bridgehead atoms. The molecule has 0 unspecified atom stereocenters. The van der Waals surface area contributed by atoms with Crippen LogP contribution in [0.25, 0.3) is 0 Å². The quantitative estimate of drug-likeness (QED) is 0.748. The van der Waals surface area contributed by atoms with Gasteiger partial charge in [0, 0.05) is 12.1 Å². The molecule has 3 nitrogen and oxygen atoms in total. The van der Waals surface area contributed by atoms with Gasteiger partial charge in [0.05, 0.1) is 6.54 Å². The second kappa shape index (κ2) is 8.30. The number of carbonyl (C=O) groups is 1. The van der Waals surface area contributed by atoms with E-state index in [0.717, 1.165) is 24.0 Å². The zero-order chi connectivity index (χ0) is 17.6. The zero-order valence-electron chi connectivity index (χ0n) is 15.1. The van der Waals surface area contributed by atoms with Crippen LogP contribution in [-0.4, -0.2) is 29.5 Å². The van der Waals surface area contributed by atoms with Crippen molar-refractivity contribution in [2.75, 3.05) is 6.54 Å². The number of likely N-dealkylation sites (tertiary alicyclic amines) is 1. The second-order valence-electron chi connectivity index (χ2n) is 6.99. The fourth-order valence-corrected chi connectivity index (χ4v) is 3.69. The first-order valence-electron chi connectivity index (χ1n) is 9.20. The van der Waals surface area contributed by atoms with E-state index in [1.807, 2.05) is 60.7 Å². The fraction of sp³-hybridized carbons (Fsp3) is 0.409. The topological polar surface area (TPSA) is 29.5 Å². The molecule has 0 radical (unpaired) electrons. The van der Waals surface area contributed by atoms with Crippen molar-refractivity contribution in [3.05, 3.63) is 71.8 Å². The van der Waals surface area contributed by atoms with Crippen LogP contribution in [0.3, 0.4) is 0 Å². The summed E-state index contributed by atoms with van der Waals surface area (Å²) in [7, 11) is 0. The van der Waals surface area contributed by atoms with Crippen molar-refractivity contribution in [2.24, 2.45) is 0 Å². The van der Waals surface area contributed by atoms with Gasteiger partial charge in [-0.2, -0.15) is 0 Å². The van der Waals surface area contributed by atoms with Gasteiger partial charge in [0.2, 0.25) is 0 Å². The highest BCUT2D eigenvalue weighted by molar-refractivity contribution is 5.72. The van der Waals surface area contributed by atoms with E-state index in [2.05, 4.69) is 18.7 Å². The lowest BCUT2D eigenvalue weighted by molar-refractivity contribution is -0.150. The van der Waals surface area contributed by atoms with Crippen molar-refractivity contribution >= 4 is 5.97 Å². The van der Waals surface area contributed by atoms with Crippen LogP contribution in [-0.2, 0) is 9.53 Å². The molecule has 0 N–H and O–H groups in total. The molecule has 2 aromatic rings. The van der Waals surface area contributed by atoms with Gasteiger partial charge in [-0.05, 0) is 37.8 Å². The zero-order valence-corrected chi connectivity index (χ0v) is 15.1. The van der Waals surface area contributed by atoms with E-state index in [9.17, 15) is 4.79 Å². The lowest BCUT2D eigenvalue weighted by Crippen LogP contribution is -2.46. The van der Waals surface area contributed by atoms with Gasteiger partial charge >= 0.3 is 5.97 Å². The third-order valence-corrected chi connectivity index (χ3v) is 5.14. The van der Waals surface area contributed by atoms with Gasteiger partial charge in [-0.15, -0.1) is 0 Å². The molecule has 0 aliphatic carbocycles. The summed E-state index contributed by atoms with van der Waals surface area (Å²) in [6.07, 6.45) is 3.19. The second-order valence-corrected chi connectivity index (χ2v) is 6.99. The van der Waals surface area contributed by atoms with Crippen LogP contribution in [0.5, 0.6) is 0 Å². The van der Waals surface area contributed by atoms with Crippen LogP contribution in [0.4, 0.5) is 0 Å². The maximum Gasteiger partial charge on any atom is 0.321 e. The highest BCUT2D eigenvalue weighted by Crippen LogP contribution is 2.27. The molecule has 2 atom stereocenters. The molecule has 2 aromatic carbocycles. The number of rotatable bonds is 5. The van der Waals surface area contributed by atoms with Gasteiger partial charge in [0.15, 0.2) is 6.10 Å². The minimum Gasteiger partial charge on any atom is -0.452 e. The van der Waals surface area contributed by atoms with Gasteiger partial charge in [-0.3, -0.25) is 9.69 Å². The standard InChI is InChI=1S/C22H27NO2/c1-17-10-9-11-18(2)23(17)16-21(24)25-22(19-12-5-3-6-13-19)20-14-7-4-8-15-20/h3-8,12-15,17-18,22H,9-11,16H2,1-2H3/t17-,18+. The predicted octanol–water partition coefficient (Wildman–Crippen LogP) is 4.58. The van der Waals surface area contributed by atoms with Crippen LogP contribution in [0, 0.1) is 0 Å². The molecule has 132 valence electrons. The molecule has 0 aromatic heterocycles. The molecular weight excluding hydrogens is 310 g/mol. The molecule has 1 heterocycles. The Morgan fingerprint density at radius 2 is 1.44 bits per heavy atom. The Balaban J connectivity index is 1.75. The van der Waals surface area contributed by atoms with Crippen LogP contribution >= 0.6 is 0 Å². The van der Waals surface area contributed by atoms with E-state index >= 15 is 0 Å². The van der Waals surface area contributed by atoms with E-state index in [4.69, 9.17) is 4.74 Å². The summed E-state index contributed by atoms with van der Waals surface area (Å²) in [4.78, 5) is 15.0. The molecule has 0 amide bonds. The number of carbonyl (C=O) groups excluding carboxylic acids is 1. The summed E-state index contributed by atoms with van der Waals surface area (Å²) in [5.41, 5.74) is 2.00. The molecule has 0 saturated carbocycles. The van der Waals surface area contributed by atoms with Gasteiger partial charge in [-0.25, -0.2) is 0 Å². The molecule has 3 rings (SSSR count). The number of hydrogen-bond acceptors (Lipinski definition) is 3. The van der Waals surface area contributed by atoms with E-state index < -0.39 is 0 Å². The Kier molecular flexibility index (Phi) is 5.87. The fourth-order valence-electron chi connectivity index (χ4n) is 3.69. The minimum atomic E-state index is -0.356. The van der Waals surface area contributed by atoms with Gasteiger partial charge in [-0.1, -0.05) is 67.1 Å². The van der Waals surface area contributed by atoms with Gasteiger partial charge < -0.3 is 4.74 Å². The number of esters is 1. The molecule has 0 spiro atoms. The molecule has 1 fully saturated rings. The average Bonchev–Trinajstić information content (AvgIpc) is 2.64. The maximum absolute atomic E-state index is 12.7. The number of benzene rings is 2. The summed E-state index contributed by atoms with van der Waals surface area (Å²) in [5.74, 6) is -0.154. The predicted molar refractivity (Wildman–Crippen MR) is 100 cm³/mol. The molecular formula is C22H27NO2. The number of nitrogens with zero attached hydrogens (tertiary/aromatic N) is 1. The first-order valence-corrected chi connectivity index (χ1v) is 9.20. The summed E-state index contributed by atoms with van der Waals surface area (Å²) in [5, 5.41) is 0. The van der Waals surface area contributed by atoms with Crippen molar-refractivity contribution in [3.8, 4) is 0 Å². The Morgan fingerprint density at radius 3 is 1.92 bits per heavy atom. The lowest BCUT2D eigenvalue weighted by atomic mass is 9.97. The third kappa shape index (κ3) is 4.49. The highest BCUT2D eigenvalue weighted by Gasteiger charge is 2.28. The molecule has 1 aliphatic heterocycles. The van der Waals surface area contributed by atoms with Gasteiger partial charge in [0.1, 0.15) is 0 Å². The van der Waals surface area contributed by atoms with Gasteiger partial charge in [0.25, 0.3) is 0 Å². The van der Waals surface area contributed by atoms with E-state index in [0.29, 0.717) is 18.6 Å². The van der Waals surface area contributed by atoms with Crippen LogP contribution in [0.15, 0.2) is 60.7 Å². The molecule has 3 heteroatoms. The summed E-state index contributed by atoms with van der Waals surface area (Å²) in [6.45, 7) is 4.77. The minimum absolute atomic E-state index is 0.154. The lowest BCUT2D eigenvalue weighted by Gasteiger charge is -2.38. The van der Waals surface area contributed by atoms with Crippen LogP contribution in [0.2, 0.25) is 0 Å². The van der Waals surface area contributed by atoms with Crippen molar-refractivity contribution < 1.29 is 9.53 Å². The average molecular weight is 337 g/mol. The van der Waals surface area contributed by atoms with E-state index in [1.165, 1.54) is 6.42 Å². The number of hydrogen-bond donors (Lipinski definition) is 0. The van der Waals surface area contributed by atoms with Crippen LogP contribution in [0.1, 0.15) is 50.3 Å². The van der Waals surface area contributed by atoms with E-state index in [1.54, 1.807) is 0 Å². The first-order chi connectivity index (χ1) is 12.1. The Bertz CT molecular complexity index is 621. The highest BCUT2D eigenvalue weighted by atomic mass is 16.5. The maximum atomic E-state index is 12.7. The summed E-state index contributed by atoms with van der Waals surface area (Å²) in [6, 6.07) is 20.8. The molecule has 1 saturated heterocycles. The number of ether oxygens (including phenoxy) is 1. The summed E-state index contributed by atoms with van der Waals surface area (Å²) < 4.78 is 5.94. The Morgan fingerprint density at radius 1 is 0.960 bits per heavy atom. The number of piperidine rings is 1. The van der Waals surface area contributed by atoms with Crippen molar-refractivity contribution in [2.45, 2.75) is 51.3 Å². The van der Waals surface area contributed by atoms with E-state index in [-0.39, 0.29) is 12.1 Å². The van der Waals surface area contributed by atoms with Crippen molar-refractivity contribution in [1.82, 2.24) is 4.90 Å². The molecule has 25 heavy (non-hydrogen) atoms. The third-order valence-electron chi connectivity index (χ3n) is 5.14. The smallest absolute Gasteiger partial charge is 0.321 e. The monoisotopic (exact) mass is 337 g/mol. The SMILES string of the molecule is C[C@@H]1CCC[C@H](C)N1CC(=O)OC(c1ccccc1)c1ccccc1. The van der Waals surface area contributed by atoms with Crippen molar-refractivity contribution in [3.63, 3.8) is 0 Å². The van der Waals surface area contributed by atoms with Crippen LogP contribution < -0.4 is 0 Å². The largest absolute Gasteiger partial charge is 0.452 e. The Hall–Kier alpha value is -2.13. The van der Waals surface area contributed by atoms with Crippen molar-refractivity contribution in [1.29, 1.82) is 0 Å². The first kappa shape index (κ1) is 17.7.